The molecule has 0 fully saturated rings. The van der Waals surface area contributed by atoms with Crippen LogP contribution in [0, 0.1) is 6.92 Å². The zero-order chi connectivity index (χ0) is 21.2. The number of carbonyl (C=O) groups is 2. The Morgan fingerprint density at radius 2 is 1.79 bits per heavy atom. The number of anilines is 1. The summed E-state index contributed by atoms with van der Waals surface area (Å²) in [5, 5.41) is 2.63. The van der Waals surface area contributed by atoms with Crippen LogP contribution >= 0.6 is 0 Å². The number of ether oxygens (including phenoxy) is 1. The van der Waals surface area contributed by atoms with Crippen molar-refractivity contribution in [1.82, 2.24) is 0 Å². The molecule has 1 aromatic heterocycles. The zero-order valence-electron chi connectivity index (χ0n) is 15.5. The van der Waals surface area contributed by atoms with Crippen molar-refractivity contribution >= 4 is 17.6 Å². The van der Waals surface area contributed by atoms with E-state index in [1.54, 1.807) is 19.1 Å². The molecule has 0 saturated heterocycles. The Hall–Kier alpha value is -3.55. The minimum absolute atomic E-state index is 0.0831. The molecule has 150 valence electrons. The van der Waals surface area contributed by atoms with Gasteiger partial charge >= 0.3 is 12.1 Å². The first-order valence-corrected chi connectivity index (χ1v) is 8.47. The number of alkyl halides is 3. The fourth-order valence-corrected chi connectivity index (χ4v) is 2.65. The van der Waals surface area contributed by atoms with Crippen molar-refractivity contribution in [2.75, 3.05) is 12.4 Å². The highest BCUT2D eigenvalue weighted by atomic mass is 19.4. The van der Waals surface area contributed by atoms with E-state index >= 15 is 0 Å². The van der Waals surface area contributed by atoms with Crippen LogP contribution in [-0.2, 0) is 10.9 Å². The van der Waals surface area contributed by atoms with E-state index in [-0.39, 0.29) is 22.6 Å². The van der Waals surface area contributed by atoms with Crippen LogP contribution in [-0.4, -0.2) is 19.0 Å². The lowest BCUT2D eigenvalue weighted by molar-refractivity contribution is -0.137. The van der Waals surface area contributed by atoms with E-state index < -0.39 is 23.6 Å². The van der Waals surface area contributed by atoms with Crippen molar-refractivity contribution in [3.63, 3.8) is 0 Å². The predicted octanol–water partition coefficient (Wildman–Crippen LogP) is 5.31. The molecule has 3 aromatic rings. The minimum Gasteiger partial charge on any atom is -0.465 e. The van der Waals surface area contributed by atoms with Crippen molar-refractivity contribution in [1.29, 1.82) is 0 Å². The maximum atomic E-state index is 12.9. The topological polar surface area (TPSA) is 68.5 Å². The van der Waals surface area contributed by atoms with Crippen molar-refractivity contribution in [3.8, 4) is 11.3 Å². The number of furan rings is 1. The first-order valence-electron chi connectivity index (χ1n) is 8.47. The number of esters is 1. The predicted molar refractivity (Wildman–Crippen MR) is 99.6 cm³/mol. The van der Waals surface area contributed by atoms with Crippen LogP contribution in [0.2, 0.25) is 0 Å². The van der Waals surface area contributed by atoms with Gasteiger partial charge in [-0.1, -0.05) is 18.2 Å². The van der Waals surface area contributed by atoms with E-state index in [4.69, 9.17) is 4.42 Å². The number of halogens is 3. The Labute approximate surface area is 164 Å². The number of rotatable bonds is 4. The zero-order valence-corrected chi connectivity index (χ0v) is 15.5. The van der Waals surface area contributed by atoms with Gasteiger partial charge in [-0.2, -0.15) is 13.2 Å². The highest BCUT2D eigenvalue weighted by molar-refractivity contribution is 6.03. The Bertz CT molecular complexity index is 1070. The Kier molecular flexibility index (Phi) is 5.45. The van der Waals surface area contributed by atoms with Gasteiger partial charge in [0.25, 0.3) is 5.91 Å². The lowest BCUT2D eigenvalue weighted by Crippen LogP contribution is -2.13. The van der Waals surface area contributed by atoms with E-state index in [9.17, 15) is 22.8 Å². The summed E-state index contributed by atoms with van der Waals surface area (Å²) in [5.74, 6) is -1.11. The fourth-order valence-electron chi connectivity index (χ4n) is 2.65. The molecule has 8 heteroatoms. The summed E-state index contributed by atoms with van der Waals surface area (Å²) in [4.78, 5) is 24.1. The molecule has 0 spiro atoms. The molecule has 0 saturated carbocycles. The van der Waals surface area contributed by atoms with Crippen LogP contribution in [0.3, 0.4) is 0 Å². The SMILES string of the molecule is COC(=O)c1ccc(C)c(NC(=O)c2ccc(-c3cccc(C(F)(F)F)c3)o2)c1. The standard InChI is InChI=1S/C21H16F3NO4/c1-12-6-7-14(20(27)28-2)11-16(12)25-19(26)18-9-8-17(29-18)13-4-3-5-15(10-13)21(22,23)24/h3-11H,1-2H3,(H,25,26). The van der Waals surface area contributed by atoms with Crippen LogP contribution in [0.1, 0.15) is 32.0 Å². The molecule has 5 nitrogen and oxygen atoms in total. The number of benzene rings is 2. The molecule has 0 aliphatic heterocycles. The Morgan fingerprint density at radius 1 is 1.03 bits per heavy atom. The van der Waals surface area contributed by atoms with Gasteiger partial charge in [-0.15, -0.1) is 0 Å². The van der Waals surface area contributed by atoms with Crippen LogP contribution in [0.15, 0.2) is 59.0 Å². The Balaban J connectivity index is 1.83. The summed E-state index contributed by atoms with van der Waals surface area (Å²) in [6, 6.07) is 12.1. The number of amides is 1. The number of carbonyl (C=O) groups excluding carboxylic acids is 2. The molecule has 0 bridgehead atoms. The molecule has 0 aliphatic rings. The first kappa shape index (κ1) is 20.2. The third kappa shape index (κ3) is 4.48. The van der Waals surface area contributed by atoms with Gasteiger partial charge in [-0.05, 0) is 48.9 Å². The maximum Gasteiger partial charge on any atom is 0.416 e. The summed E-state index contributed by atoms with van der Waals surface area (Å²) in [6.07, 6.45) is -4.48. The van der Waals surface area contributed by atoms with Gasteiger partial charge in [0.15, 0.2) is 5.76 Å². The molecule has 3 rings (SSSR count). The lowest BCUT2D eigenvalue weighted by Gasteiger charge is -2.09. The molecule has 0 radical (unpaired) electrons. The molecule has 1 amide bonds. The quantitative estimate of drug-likeness (QED) is 0.599. The van der Waals surface area contributed by atoms with Gasteiger partial charge in [0.05, 0.1) is 18.2 Å². The van der Waals surface area contributed by atoms with Crippen LogP contribution < -0.4 is 5.32 Å². The van der Waals surface area contributed by atoms with Gasteiger partial charge < -0.3 is 14.5 Å². The van der Waals surface area contributed by atoms with Gasteiger partial charge in [-0.3, -0.25) is 4.79 Å². The van der Waals surface area contributed by atoms with E-state index in [1.807, 2.05) is 0 Å². The van der Waals surface area contributed by atoms with E-state index in [2.05, 4.69) is 10.1 Å². The summed E-state index contributed by atoms with van der Waals surface area (Å²) in [6.45, 7) is 1.74. The average Bonchev–Trinajstić information content (AvgIpc) is 3.19. The molecule has 2 aromatic carbocycles. The molecule has 0 aliphatic carbocycles. The third-order valence-electron chi connectivity index (χ3n) is 4.21. The number of hydrogen-bond donors (Lipinski definition) is 1. The van der Waals surface area contributed by atoms with Crippen molar-refractivity contribution < 1.29 is 31.9 Å². The normalized spacial score (nSPS) is 11.2. The van der Waals surface area contributed by atoms with Gasteiger partial charge in [0.1, 0.15) is 5.76 Å². The summed E-state index contributed by atoms with van der Waals surface area (Å²) in [7, 11) is 1.25. The second kappa shape index (κ2) is 7.83. The Morgan fingerprint density at radius 3 is 2.48 bits per heavy atom. The van der Waals surface area contributed by atoms with E-state index in [1.165, 1.54) is 37.4 Å². The number of methoxy groups -OCH3 is 1. The van der Waals surface area contributed by atoms with Gasteiger partial charge in [0.2, 0.25) is 0 Å². The third-order valence-corrected chi connectivity index (χ3v) is 4.21. The van der Waals surface area contributed by atoms with E-state index in [0.29, 0.717) is 11.3 Å². The molecule has 0 unspecified atom stereocenters. The average molecular weight is 403 g/mol. The molecule has 0 atom stereocenters. The van der Waals surface area contributed by atoms with Crippen LogP contribution in [0.4, 0.5) is 18.9 Å². The lowest BCUT2D eigenvalue weighted by atomic mass is 10.1. The second-order valence-corrected chi connectivity index (χ2v) is 6.22. The number of nitrogens with one attached hydrogen (secondary N) is 1. The second-order valence-electron chi connectivity index (χ2n) is 6.22. The van der Waals surface area contributed by atoms with Crippen LogP contribution in [0.25, 0.3) is 11.3 Å². The van der Waals surface area contributed by atoms with Crippen molar-refractivity contribution in [3.05, 3.63) is 77.0 Å². The summed E-state index contributed by atoms with van der Waals surface area (Å²) in [5.41, 5.74) is 0.735. The summed E-state index contributed by atoms with van der Waals surface area (Å²) >= 11 is 0. The smallest absolute Gasteiger partial charge is 0.416 e. The monoisotopic (exact) mass is 403 g/mol. The fraction of sp³-hybridized carbons (Fsp3) is 0.143. The summed E-state index contributed by atoms with van der Waals surface area (Å²) < 4.78 is 48.7. The maximum absolute atomic E-state index is 12.9. The first-order chi connectivity index (χ1) is 13.7. The van der Waals surface area contributed by atoms with Crippen molar-refractivity contribution in [2.45, 2.75) is 13.1 Å². The minimum atomic E-state index is -4.48. The molecular weight excluding hydrogens is 387 g/mol. The van der Waals surface area contributed by atoms with Gasteiger partial charge in [-0.25, -0.2) is 4.79 Å². The highest BCUT2D eigenvalue weighted by Crippen LogP contribution is 2.32. The van der Waals surface area contributed by atoms with Gasteiger partial charge in [0, 0.05) is 11.3 Å². The molecule has 1 N–H and O–H groups in total. The molecule has 29 heavy (non-hydrogen) atoms. The number of hydrogen-bond acceptors (Lipinski definition) is 4. The highest BCUT2D eigenvalue weighted by Gasteiger charge is 2.30. The largest absolute Gasteiger partial charge is 0.465 e. The molecular formula is C21H16F3NO4. The molecule has 1 heterocycles. The van der Waals surface area contributed by atoms with Crippen molar-refractivity contribution in [2.24, 2.45) is 0 Å². The van der Waals surface area contributed by atoms with Crippen LogP contribution in [0.5, 0.6) is 0 Å². The number of aryl methyl sites for hydroxylation is 1. The van der Waals surface area contributed by atoms with E-state index in [0.717, 1.165) is 12.1 Å².